The molecule has 11 heteroatoms. The molecule has 0 aliphatic rings. The monoisotopic (exact) mass is 201 g/mol. The second-order valence-corrected chi connectivity index (χ2v) is 0.224. The number of hydrogen-bond acceptors (Lipinski definition) is 9. The third-order valence-electron chi connectivity index (χ3n) is 0. The zero-order valence-electron chi connectivity index (χ0n) is 5.14. The van der Waals surface area contributed by atoms with E-state index in [0.717, 1.165) is 16.0 Å². The Hall–Kier alpha value is -0.683. The van der Waals surface area contributed by atoms with E-state index in [1.54, 1.807) is 0 Å². The molecule has 9 nitrogen and oxygen atoms in total. The van der Waals surface area contributed by atoms with Gasteiger partial charge in [0.2, 0.25) is 0 Å². The van der Waals surface area contributed by atoms with Crippen molar-refractivity contribution >= 4 is 0 Å². The van der Waals surface area contributed by atoms with Crippen LogP contribution in [0.4, 0.5) is 0 Å². The van der Waals surface area contributed by atoms with Gasteiger partial charge in [-0.05, 0) is 0 Å². The van der Waals surface area contributed by atoms with E-state index < -0.39 is 0 Å². The van der Waals surface area contributed by atoms with Crippen LogP contribution in [0.3, 0.4) is 0 Å². The maximum Gasteiger partial charge on any atom is 2.00 e. The van der Waals surface area contributed by atoms with Gasteiger partial charge in [0.25, 0.3) is 0 Å². The molecule has 0 unspecified atom stereocenters. The molecule has 0 aromatic rings. The normalized spacial score (nSPS) is 3.27. The standard InChI is InChI=1S/Fe.Li.3HNO2/c;;3*2-1-3/h;;3*(H,2,3)/q+2;+1;;;/p-3. The van der Waals surface area contributed by atoms with E-state index in [-0.39, 0.29) is 35.9 Å². The van der Waals surface area contributed by atoms with Crippen molar-refractivity contribution in [2.24, 2.45) is 16.0 Å². The Morgan fingerprint density at radius 3 is 0.727 bits per heavy atom. The van der Waals surface area contributed by atoms with Gasteiger partial charge >= 0.3 is 35.9 Å². The molecule has 0 atom stereocenters. The van der Waals surface area contributed by atoms with Crippen molar-refractivity contribution < 1.29 is 35.9 Å². The summed E-state index contributed by atoms with van der Waals surface area (Å²) < 4.78 is 0. The molecule has 0 amide bonds. The Morgan fingerprint density at radius 2 is 0.727 bits per heavy atom. The van der Waals surface area contributed by atoms with E-state index in [0.29, 0.717) is 0 Å². The molecule has 0 aliphatic carbocycles. The van der Waals surface area contributed by atoms with Gasteiger partial charge in [0.05, 0.1) is 0 Å². The Balaban J connectivity index is -0.0000000150. The predicted molar refractivity (Wildman–Crippen MR) is 27.5 cm³/mol. The second-order valence-electron chi connectivity index (χ2n) is 0.224. The largest absolute Gasteiger partial charge is 2.00 e. The van der Waals surface area contributed by atoms with Gasteiger partial charge in [-0.15, -0.1) is 16.0 Å². The van der Waals surface area contributed by atoms with Crippen molar-refractivity contribution in [1.82, 2.24) is 0 Å². The van der Waals surface area contributed by atoms with Gasteiger partial charge in [0, 0.05) is 0 Å². The van der Waals surface area contributed by atoms with Crippen LogP contribution in [-0.2, 0) is 17.1 Å². The van der Waals surface area contributed by atoms with Crippen LogP contribution in [0.25, 0.3) is 0 Å². The van der Waals surface area contributed by atoms with Gasteiger partial charge < -0.3 is 30.3 Å². The summed E-state index contributed by atoms with van der Waals surface area (Å²) in [5, 5.41) is 27.0. The summed E-state index contributed by atoms with van der Waals surface area (Å²) in [5.74, 6) is 0. The molecule has 60 valence electrons. The maximum atomic E-state index is 8.00. The number of nitrogens with zero attached hydrogens (tertiary/aromatic N) is 3. The van der Waals surface area contributed by atoms with Gasteiger partial charge in [-0.2, -0.15) is 0 Å². The van der Waals surface area contributed by atoms with Crippen LogP contribution >= 0.6 is 0 Å². The SMILES string of the molecule is O=N[O-].O=N[O-].O=N[O-].[Fe+2].[Li+]. The fourth-order valence-electron chi connectivity index (χ4n) is 0. The molecule has 0 saturated carbocycles. The smallest absolute Gasteiger partial charge is 0.444 e. The van der Waals surface area contributed by atoms with Gasteiger partial charge in [0.1, 0.15) is 0 Å². The van der Waals surface area contributed by atoms with Crippen molar-refractivity contribution in [2.75, 3.05) is 0 Å². The van der Waals surface area contributed by atoms with E-state index in [4.69, 9.17) is 30.3 Å². The van der Waals surface area contributed by atoms with Crippen LogP contribution in [0.2, 0.25) is 0 Å². The van der Waals surface area contributed by atoms with E-state index in [1.165, 1.54) is 0 Å². The molecule has 0 spiro atoms. The first kappa shape index (κ1) is 31.7. The van der Waals surface area contributed by atoms with Gasteiger partial charge in [-0.3, -0.25) is 0 Å². The molecule has 0 aromatic heterocycles. The third-order valence-corrected chi connectivity index (χ3v) is 0. The van der Waals surface area contributed by atoms with Crippen molar-refractivity contribution in [3.05, 3.63) is 30.3 Å². The molecule has 0 heterocycles. The molecule has 0 fully saturated rings. The molecule has 0 bridgehead atoms. The van der Waals surface area contributed by atoms with Crippen LogP contribution in [-0.4, -0.2) is 0 Å². The van der Waals surface area contributed by atoms with Crippen molar-refractivity contribution in [1.29, 1.82) is 0 Å². The van der Waals surface area contributed by atoms with Crippen LogP contribution in [0.1, 0.15) is 0 Å². The van der Waals surface area contributed by atoms with Crippen molar-refractivity contribution in [3.63, 3.8) is 0 Å². The summed E-state index contributed by atoms with van der Waals surface area (Å²) in [6, 6.07) is 0. The minimum absolute atomic E-state index is 0. The summed E-state index contributed by atoms with van der Waals surface area (Å²) in [4.78, 5) is 24.0. The van der Waals surface area contributed by atoms with Gasteiger partial charge in [-0.1, -0.05) is 0 Å². The van der Waals surface area contributed by atoms with Crippen molar-refractivity contribution in [3.8, 4) is 0 Å². The molecule has 0 aromatic carbocycles. The molecular weight excluding hydrogens is 201 g/mol. The summed E-state index contributed by atoms with van der Waals surface area (Å²) >= 11 is 0. The van der Waals surface area contributed by atoms with Gasteiger partial charge in [0.15, 0.2) is 0 Å². The Bertz CT molecular complexity index is 54.6. The Kier molecular flexibility index (Phi) is 346. The minimum atomic E-state index is 0. The van der Waals surface area contributed by atoms with Crippen LogP contribution < -0.4 is 18.9 Å². The molecular formula is FeLiN3O6. The number of rotatable bonds is 0. The topological polar surface area (TPSA) is 157 Å². The molecule has 0 aliphatic heterocycles. The molecule has 0 saturated heterocycles. The Labute approximate surface area is 82.6 Å². The molecule has 11 heavy (non-hydrogen) atoms. The zero-order valence-corrected chi connectivity index (χ0v) is 6.25. The average Bonchev–Trinajstić information content (AvgIpc) is 1.70. The first-order valence-corrected chi connectivity index (χ1v) is 1.10. The Morgan fingerprint density at radius 1 is 0.727 bits per heavy atom. The molecule has 0 N–H and O–H groups in total. The predicted octanol–water partition coefficient (Wildman–Crippen LogP) is -2.25. The summed E-state index contributed by atoms with van der Waals surface area (Å²) in [5.41, 5.74) is 0. The van der Waals surface area contributed by atoms with E-state index >= 15 is 0 Å². The summed E-state index contributed by atoms with van der Waals surface area (Å²) in [6.45, 7) is 0. The fraction of sp³-hybridized carbons (Fsp3) is 0. The van der Waals surface area contributed by atoms with Crippen LogP contribution in [0.5, 0.6) is 0 Å². The average molecular weight is 201 g/mol. The van der Waals surface area contributed by atoms with Crippen molar-refractivity contribution in [2.45, 2.75) is 0 Å². The number of hydrogen-bond donors (Lipinski definition) is 0. The van der Waals surface area contributed by atoms with Gasteiger partial charge in [-0.25, -0.2) is 0 Å². The summed E-state index contributed by atoms with van der Waals surface area (Å²) in [7, 11) is 0. The second kappa shape index (κ2) is 120. The zero-order chi connectivity index (χ0) is 8.12. The third kappa shape index (κ3) is 1070. The molecule has 0 rings (SSSR count). The molecule has 0 radical (unpaired) electrons. The summed E-state index contributed by atoms with van der Waals surface area (Å²) in [6.07, 6.45) is 0. The fourth-order valence-corrected chi connectivity index (χ4v) is 0. The van der Waals surface area contributed by atoms with E-state index in [9.17, 15) is 0 Å². The van der Waals surface area contributed by atoms with E-state index in [2.05, 4.69) is 0 Å². The first-order valence-electron chi connectivity index (χ1n) is 1.10. The van der Waals surface area contributed by atoms with Crippen LogP contribution in [0.15, 0.2) is 16.0 Å². The van der Waals surface area contributed by atoms with E-state index in [1.807, 2.05) is 0 Å². The van der Waals surface area contributed by atoms with Crippen LogP contribution in [0, 0.1) is 30.3 Å². The maximum absolute atomic E-state index is 8.00. The first-order chi connectivity index (χ1) is 4.24. The quantitative estimate of drug-likeness (QED) is 0.244. The minimum Gasteiger partial charge on any atom is -0.444 e.